The minimum Gasteiger partial charge on any atom is -0.451 e. The first-order valence-electron chi connectivity index (χ1n) is 9.28. The summed E-state index contributed by atoms with van der Waals surface area (Å²) in [7, 11) is 0. The van der Waals surface area contributed by atoms with Crippen LogP contribution in [0.5, 0.6) is 0 Å². The van der Waals surface area contributed by atoms with Crippen LogP contribution in [0.25, 0.3) is 34.0 Å². The number of carbonyl (C=O) groups excluding carboxylic acids is 1. The van der Waals surface area contributed by atoms with Crippen molar-refractivity contribution in [2.24, 2.45) is 0 Å². The van der Waals surface area contributed by atoms with E-state index in [2.05, 4.69) is 15.5 Å². The summed E-state index contributed by atoms with van der Waals surface area (Å²) < 4.78 is 5.66. The smallest absolute Gasteiger partial charge is 0.291 e. The second kappa shape index (κ2) is 7.13. The van der Waals surface area contributed by atoms with Gasteiger partial charge in [-0.3, -0.25) is 9.89 Å². The van der Waals surface area contributed by atoms with Crippen LogP contribution in [0, 0.1) is 0 Å². The number of aromatic nitrogens is 2. The lowest BCUT2D eigenvalue weighted by Crippen LogP contribution is -2.11. The fraction of sp³-hybridized carbons (Fsp3) is 0. The molecule has 5 heteroatoms. The Balaban J connectivity index is 1.42. The van der Waals surface area contributed by atoms with Gasteiger partial charge in [0.2, 0.25) is 0 Å². The molecule has 1 amide bonds. The molecule has 0 unspecified atom stereocenters. The Labute approximate surface area is 166 Å². The standard InChI is InChI=1S/C24H17N3O2/c28-24(23-15-17-8-2-6-12-22(17)29-23)25-19-10-4-1-7-16(19)13-14-21-18-9-3-5-11-20(18)26-27-21/h1-15H,(H,25,28)(H,26,27)/b14-13+. The van der Waals surface area contributed by atoms with Crippen LogP contribution in [-0.2, 0) is 0 Å². The summed E-state index contributed by atoms with van der Waals surface area (Å²) in [6, 6.07) is 24.9. The predicted octanol–water partition coefficient (Wildman–Crippen LogP) is 5.73. The Morgan fingerprint density at radius 1 is 0.931 bits per heavy atom. The van der Waals surface area contributed by atoms with Crippen molar-refractivity contribution in [3.05, 3.63) is 95.9 Å². The highest BCUT2D eigenvalue weighted by Crippen LogP contribution is 2.23. The molecule has 0 atom stereocenters. The lowest BCUT2D eigenvalue weighted by Gasteiger charge is -2.07. The Kier molecular flexibility index (Phi) is 4.18. The second-order valence-corrected chi connectivity index (χ2v) is 6.68. The topological polar surface area (TPSA) is 70.9 Å². The summed E-state index contributed by atoms with van der Waals surface area (Å²) in [5.74, 6) is -0.00412. The highest BCUT2D eigenvalue weighted by atomic mass is 16.3. The number of carbonyl (C=O) groups is 1. The number of hydrogen-bond acceptors (Lipinski definition) is 3. The summed E-state index contributed by atoms with van der Waals surface area (Å²) in [5.41, 5.74) is 4.10. The van der Waals surface area contributed by atoms with Crippen LogP contribution in [0.15, 0.2) is 83.3 Å². The maximum atomic E-state index is 12.7. The van der Waals surface area contributed by atoms with Crippen molar-refractivity contribution in [3.63, 3.8) is 0 Å². The summed E-state index contributed by atoms with van der Waals surface area (Å²) in [5, 5.41) is 12.3. The van der Waals surface area contributed by atoms with Gasteiger partial charge in [-0.25, -0.2) is 0 Å². The van der Waals surface area contributed by atoms with Gasteiger partial charge in [-0.15, -0.1) is 0 Å². The number of benzene rings is 3. The van der Waals surface area contributed by atoms with E-state index in [9.17, 15) is 4.79 Å². The third-order valence-electron chi connectivity index (χ3n) is 4.78. The molecule has 29 heavy (non-hydrogen) atoms. The van der Waals surface area contributed by atoms with Gasteiger partial charge in [-0.2, -0.15) is 5.10 Å². The average molecular weight is 379 g/mol. The van der Waals surface area contributed by atoms with Gasteiger partial charge in [0, 0.05) is 16.5 Å². The number of para-hydroxylation sites is 3. The molecule has 0 aliphatic heterocycles. The molecule has 5 nitrogen and oxygen atoms in total. The maximum Gasteiger partial charge on any atom is 0.291 e. The third kappa shape index (κ3) is 3.30. The number of furan rings is 1. The van der Waals surface area contributed by atoms with E-state index < -0.39 is 0 Å². The molecule has 5 aromatic rings. The van der Waals surface area contributed by atoms with Gasteiger partial charge in [0.05, 0.1) is 11.2 Å². The molecule has 0 aliphatic carbocycles. The quantitative estimate of drug-likeness (QED) is 0.419. The second-order valence-electron chi connectivity index (χ2n) is 6.68. The van der Waals surface area contributed by atoms with Crippen LogP contribution < -0.4 is 5.32 Å². The molecule has 0 saturated carbocycles. The number of anilines is 1. The van der Waals surface area contributed by atoms with Crippen molar-refractivity contribution in [2.45, 2.75) is 0 Å². The van der Waals surface area contributed by atoms with Gasteiger partial charge in [-0.05, 0) is 35.9 Å². The van der Waals surface area contributed by atoms with Crippen molar-refractivity contribution in [1.29, 1.82) is 0 Å². The predicted molar refractivity (Wildman–Crippen MR) is 116 cm³/mol. The van der Waals surface area contributed by atoms with Crippen LogP contribution >= 0.6 is 0 Å². The number of nitrogens with one attached hydrogen (secondary N) is 2. The minimum absolute atomic E-state index is 0.281. The summed E-state index contributed by atoms with van der Waals surface area (Å²) in [6.07, 6.45) is 3.88. The van der Waals surface area contributed by atoms with Gasteiger partial charge >= 0.3 is 0 Å². The average Bonchev–Trinajstić information content (AvgIpc) is 3.37. The van der Waals surface area contributed by atoms with E-state index in [-0.39, 0.29) is 11.7 Å². The van der Waals surface area contributed by atoms with E-state index in [1.54, 1.807) is 6.07 Å². The van der Waals surface area contributed by atoms with E-state index in [4.69, 9.17) is 4.42 Å². The molecule has 3 aromatic carbocycles. The molecule has 0 spiro atoms. The minimum atomic E-state index is -0.285. The van der Waals surface area contributed by atoms with Gasteiger partial charge in [0.25, 0.3) is 5.91 Å². The van der Waals surface area contributed by atoms with Crippen molar-refractivity contribution in [2.75, 3.05) is 5.32 Å². The highest BCUT2D eigenvalue weighted by Gasteiger charge is 2.13. The van der Waals surface area contributed by atoms with Crippen molar-refractivity contribution in [3.8, 4) is 0 Å². The molecule has 2 N–H and O–H groups in total. The van der Waals surface area contributed by atoms with Crippen molar-refractivity contribution in [1.82, 2.24) is 10.2 Å². The first-order chi connectivity index (χ1) is 14.3. The zero-order valence-electron chi connectivity index (χ0n) is 15.4. The van der Waals surface area contributed by atoms with Gasteiger partial charge in [0.1, 0.15) is 5.58 Å². The van der Waals surface area contributed by atoms with E-state index in [1.165, 1.54) is 0 Å². The Morgan fingerprint density at radius 3 is 2.66 bits per heavy atom. The fourth-order valence-electron chi connectivity index (χ4n) is 3.31. The van der Waals surface area contributed by atoms with E-state index in [1.807, 2.05) is 84.9 Å². The van der Waals surface area contributed by atoms with E-state index >= 15 is 0 Å². The molecule has 2 aromatic heterocycles. The number of fused-ring (bicyclic) bond motifs is 2. The number of aromatic amines is 1. The highest BCUT2D eigenvalue weighted by molar-refractivity contribution is 6.05. The lowest BCUT2D eigenvalue weighted by molar-refractivity contribution is 0.0998. The van der Waals surface area contributed by atoms with Gasteiger partial charge < -0.3 is 9.73 Å². The molecule has 0 radical (unpaired) electrons. The first kappa shape index (κ1) is 17.0. The SMILES string of the molecule is O=C(Nc1ccccc1/C=C/c1n[nH]c2ccccc12)c1cc2ccccc2o1. The first-order valence-corrected chi connectivity index (χ1v) is 9.28. The molecular weight excluding hydrogens is 362 g/mol. The van der Waals surface area contributed by atoms with E-state index in [0.29, 0.717) is 11.3 Å². The molecule has 0 fully saturated rings. The van der Waals surface area contributed by atoms with Crippen LogP contribution in [0.3, 0.4) is 0 Å². The van der Waals surface area contributed by atoms with Crippen LogP contribution in [0.1, 0.15) is 21.8 Å². The number of amides is 1. The molecule has 5 rings (SSSR count). The number of rotatable bonds is 4. The van der Waals surface area contributed by atoms with Gasteiger partial charge in [-0.1, -0.05) is 60.7 Å². The summed E-state index contributed by atoms with van der Waals surface area (Å²) in [4.78, 5) is 12.7. The molecule has 140 valence electrons. The Bertz CT molecular complexity index is 1330. The fourth-order valence-corrected chi connectivity index (χ4v) is 3.31. The van der Waals surface area contributed by atoms with Crippen molar-refractivity contribution >= 4 is 45.6 Å². The van der Waals surface area contributed by atoms with Gasteiger partial charge in [0.15, 0.2) is 5.76 Å². The third-order valence-corrected chi connectivity index (χ3v) is 4.78. The Hall–Kier alpha value is -4.12. The number of nitrogens with zero attached hydrogens (tertiary/aromatic N) is 1. The van der Waals surface area contributed by atoms with Crippen molar-refractivity contribution < 1.29 is 9.21 Å². The van der Waals surface area contributed by atoms with Crippen LogP contribution in [0.4, 0.5) is 5.69 Å². The van der Waals surface area contributed by atoms with Crippen LogP contribution in [0.2, 0.25) is 0 Å². The molecular formula is C24H17N3O2. The molecule has 2 heterocycles. The lowest BCUT2D eigenvalue weighted by atomic mass is 10.1. The number of hydrogen-bond donors (Lipinski definition) is 2. The normalized spacial score (nSPS) is 11.4. The number of H-pyrrole nitrogens is 1. The summed E-state index contributed by atoms with van der Waals surface area (Å²) >= 11 is 0. The largest absolute Gasteiger partial charge is 0.451 e. The zero-order chi connectivity index (χ0) is 19.6. The van der Waals surface area contributed by atoms with E-state index in [0.717, 1.165) is 27.5 Å². The molecule has 0 saturated heterocycles. The van der Waals surface area contributed by atoms with Crippen LogP contribution in [-0.4, -0.2) is 16.1 Å². The summed E-state index contributed by atoms with van der Waals surface area (Å²) in [6.45, 7) is 0. The Morgan fingerprint density at radius 2 is 1.72 bits per heavy atom. The molecule has 0 bridgehead atoms. The maximum absolute atomic E-state index is 12.7. The monoisotopic (exact) mass is 379 g/mol. The molecule has 0 aliphatic rings. The zero-order valence-corrected chi connectivity index (χ0v) is 15.4.